The Morgan fingerprint density at radius 2 is 1.85 bits per heavy atom. The topological polar surface area (TPSA) is 71.0 Å². The van der Waals surface area contributed by atoms with Crippen LogP contribution in [0.25, 0.3) is 11.0 Å². The molecule has 4 aromatic rings. The van der Waals surface area contributed by atoms with Gasteiger partial charge in [0.05, 0.1) is 23.3 Å². The van der Waals surface area contributed by atoms with Crippen LogP contribution in [0.4, 0.5) is 0 Å². The highest BCUT2D eigenvalue weighted by Crippen LogP contribution is 2.28. The molecule has 2 aromatic carbocycles. The fourth-order valence-electron chi connectivity index (χ4n) is 4.09. The second kappa shape index (κ2) is 9.45. The number of fused-ring (bicyclic) bond motifs is 1. The van der Waals surface area contributed by atoms with Crippen molar-refractivity contribution in [3.63, 3.8) is 0 Å². The number of hydrogen-bond donors (Lipinski definition) is 1. The van der Waals surface area contributed by atoms with E-state index in [4.69, 9.17) is 16.6 Å². The second-order valence-electron chi connectivity index (χ2n) is 8.11. The van der Waals surface area contributed by atoms with Crippen molar-refractivity contribution in [1.82, 2.24) is 19.4 Å². The van der Waals surface area contributed by atoms with Gasteiger partial charge in [0.2, 0.25) is 0 Å². The molecule has 1 aliphatic heterocycles. The molecule has 1 N–H and O–H groups in total. The van der Waals surface area contributed by atoms with E-state index in [0.717, 1.165) is 47.7 Å². The summed E-state index contributed by atoms with van der Waals surface area (Å²) in [5, 5.41) is 1.38. The highest BCUT2D eigenvalue weighted by Gasteiger charge is 2.22. The van der Waals surface area contributed by atoms with Crippen LogP contribution in [0.1, 0.15) is 39.3 Å². The zero-order valence-corrected chi connectivity index (χ0v) is 19.5. The lowest BCUT2D eigenvalue weighted by Crippen LogP contribution is -2.27. The lowest BCUT2D eigenvalue weighted by atomic mass is 10.2. The molecular weight excluding hydrogens is 456 g/mol. The summed E-state index contributed by atoms with van der Waals surface area (Å²) in [5.74, 6) is 0.134. The Morgan fingerprint density at radius 3 is 2.64 bits per heavy atom. The Hall–Kier alpha value is -3.03. The van der Waals surface area contributed by atoms with Crippen molar-refractivity contribution < 1.29 is 9.59 Å². The average Bonchev–Trinajstić information content (AvgIpc) is 3.58. The molecule has 1 fully saturated rings. The Balaban J connectivity index is 1.34. The van der Waals surface area contributed by atoms with E-state index in [1.807, 2.05) is 41.3 Å². The third kappa shape index (κ3) is 4.70. The Kier molecular flexibility index (Phi) is 6.24. The normalized spacial score (nSPS) is 13.7. The predicted octanol–water partition coefficient (Wildman–Crippen LogP) is 5.28. The average molecular weight is 479 g/mol. The maximum Gasteiger partial charge on any atom is 0.270 e. The van der Waals surface area contributed by atoms with Gasteiger partial charge in [-0.15, -0.1) is 0 Å². The molecule has 0 spiro atoms. The molecule has 1 amide bonds. The maximum atomic E-state index is 12.9. The quantitative estimate of drug-likeness (QED) is 0.290. The summed E-state index contributed by atoms with van der Waals surface area (Å²) in [6.45, 7) is 2.20. The minimum absolute atomic E-state index is 0.0410. The first-order valence-electron chi connectivity index (χ1n) is 10.9. The van der Waals surface area contributed by atoms with Gasteiger partial charge in [0.1, 0.15) is 5.69 Å². The molecule has 3 heterocycles. The molecule has 0 unspecified atom stereocenters. The lowest BCUT2D eigenvalue weighted by molar-refractivity contribution is 0.0787. The summed E-state index contributed by atoms with van der Waals surface area (Å²) in [6, 6.07) is 17.5. The van der Waals surface area contributed by atoms with Crippen LogP contribution >= 0.6 is 23.4 Å². The van der Waals surface area contributed by atoms with Gasteiger partial charge in [-0.1, -0.05) is 53.7 Å². The number of rotatable bonds is 7. The van der Waals surface area contributed by atoms with Crippen LogP contribution in [-0.4, -0.2) is 50.0 Å². The first kappa shape index (κ1) is 21.8. The molecule has 0 aliphatic carbocycles. The summed E-state index contributed by atoms with van der Waals surface area (Å²) >= 11 is 7.57. The second-order valence-corrected chi connectivity index (χ2v) is 9.49. The van der Waals surface area contributed by atoms with E-state index in [0.29, 0.717) is 22.8 Å². The number of aromatic nitrogens is 3. The number of imidazole rings is 1. The molecule has 1 saturated heterocycles. The number of likely N-dealkylation sites (tertiary alicyclic amines) is 1. The number of hydrogen-bond acceptors (Lipinski definition) is 4. The summed E-state index contributed by atoms with van der Waals surface area (Å²) < 4.78 is 2.11. The molecule has 8 heteroatoms. The van der Waals surface area contributed by atoms with E-state index in [1.165, 1.54) is 11.8 Å². The number of halogens is 1. The van der Waals surface area contributed by atoms with Crippen LogP contribution in [0.2, 0.25) is 5.02 Å². The summed E-state index contributed by atoms with van der Waals surface area (Å²) in [7, 11) is 0. The summed E-state index contributed by atoms with van der Waals surface area (Å²) in [4.78, 5) is 35.0. The lowest BCUT2D eigenvalue weighted by Gasteiger charge is -2.13. The van der Waals surface area contributed by atoms with Gasteiger partial charge in [-0.2, -0.15) is 0 Å². The molecular formula is C25H23ClN4O2S. The molecule has 2 aromatic heterocycles. The Bertz CT molecular complexity index is 1310. The zero-order chi connectivity index (χ0) is 22.8. The molecule has 6 nitrogen and oxygen atoms in total. The number of ketones is 1. The molecule has 5 rings (SSSR count). The van der Waals surface area contributed by atoms with Gasteiger partial charge >= 0.3 is 0 Å². The van der Waals surface area contributed by atoms with E-state index in [1.54, 1.807) is 12.3 Å². The van der Waals surface area contributed by atoms with Gasteiger partial charge in [-0.05, 0) is 42.7 Å². The van der Waals surface area contributed by atoms with Crippen molar-refractivity contribution in [3.8, 4) is 0 Å². The largest absolute Gasteiger partial charge is 0.356 e. The Labute approximate surface area is 200 Å². The summed E-state index contributed by atoms with van der Waals surface area (Å²) in [5.41, 5.74) is 3.90. The van der Waals surface area contributed by atoms with Gasteiger partial charge in [0.25, 0.3) is 5.91 Å². The number of H-pyrrole nitrogens is 1. The molecule has 1 aliphatic rings. The molecule has 0 saturated carbocycles. The van der Waals surface area contributed by atoms with Crippen LogP contribution in [0.5, 0.6) is 0 Å². The number of Topliss-reactive ketones (excluding diaryl/α,β-unsaturated/α-hetero) is 1. The first-order valence-corrected chi connectivity index (χ1v) is 12.3. The SMILES string of the molecule is O=C(CSc1nc2cc(Cl)ccc2n1Cc1ccccc1)c1c[nH]c(C(=O)N2CCCC2)c1. The van der Waals surface area contributed by atoms with Crippen molar-refractivity contribution in [3.05, 3.63) is 82.6 Å². The smallest absolute Gasteiger partial charge is 0.270 e. The molecule has 0 bridgehead atoms. The van der Waals surface area contributed by atoms with E-state index in [-0.39, 0.29) is 17.4 Å². The number of amides is 1. The summed E-state index contributed by atoms with van der Waals surface area (Å²) in [6.07, 6.45) is 3.69. The van der Waals surface area contributed by atoms with Gasteiger partial charge < -0.3 is 14.5 Å². The van der Waals surface area contributed by atoms with Gasteiger partial charge in [-0.3, -0.25) is 9.59 Å². The van der Waals surface area contributed by atoms with Crippen molar-refractivity contribution >= 4 is 46.1 Å². The highest BCUT2D eigenvalue weighted by molar-refractivity contribution is 7.99. The van der Waals surface area contributed by atoms with E-state index in [9.17, 15) is 9.59 Å². The van der Waals surface area contributed by atoms with Gasteiger partial charge in [-0.25, -0.2) is 4.98 Å². The molecule has 168 valence electrons. The van der Waals surface area contributed by atoms with E-state index in [2.05, 4.69) is 21.7 Å². The monoisotopic (exact) mass is 478 g/mol. The Morgan fingerprint density at radius 1 is 1.06 bits per heavy atom. The molecule has 0 atom stereocenters. The maximum absolute atomic E-state index is 12.9. The van der Waals surface area contributed by atoms with Crippen molar-refractivity contribution in [1.29, 1.82) is 0 Å². The van der Waals surface area contributed by atoms with E-state index < -0.39 is 0 Å². The van der Waals surface area contributed by atoms with Gasteiger partial charge in [0.15, 0.2) is 10.9 Å². The minimum atomic E-state index is -0.0481. The van der Waals surface area contributed by atoms with Crippen LogP contribution in [0, 0.1) is 0 Å². The standard InChI is InChI=1S/C25H23ClN4O2S/c26-19-8-9-22-20(13-19)28-25(30(22)15-17-6-2-1-3-7-17)33-16-23(31)18-12-21(27-14-18)24(32)29-10-4-5-11-29/h1-3,6-9,12-14,27H,4-5,10-11,15-16H2. The predicted molar refractivity (Wildman–Crippen MR) is 131 cm³/mol. The number of nitrogens with zero attached hydrogens (tertiary/aromatic N) is 3. The first-order chi connectivity index (χ1) is 16.1. The number of carbonyl (C=O) groups is 2. The van der Waals surface area contributed by atoms with Crippen LogP contribution in [0.15, 0.2) is 66.0 Å². The third-order valence-electron chi connectivity index (χ3n) is 5.82. The number of carbonyl (C=O) groups excluding carboxylic acids is 2. The molecule has 0 radical (unpaired) electrons. The van der Waals surface area contributed by atoms with Crippen LogP contribution in [-0.2, 0) is 6.54 Å². The zero-order valence-electron chi connectivity index (χ0n) is 18.0. The third-order valence-corrected chi connectivity index (χ3v) is 7.03. The minimum Gasteiger partial charge on any atom is -0.356 e. The van der Waals surface area contributed by atoms with Crippen LogP contribution in [0.3, 0.4) is 0 Å². The molecule has 33 heavy (non-hydrogen) atoms. The van der Waals surface area contributed by atoms with Crippen molar-refractivity contribution in [2.24, 2.45) is 0 Å². The fraction of sp³-hybridized carbons (Fsp3) is 0.240. The van der Waals surface area contributed by atoms with Crippen molar-refractivity contribution in [2.75, 3.05) is 18.8 Å². The van der Waals surface area contributed by atoms with Crippen molar-refractivity contribution in [2.45, 2.75) is 24.5 Å². The highest BCUT2D eigenvalue weighted by atomic mass is 35.5. The fourth-order valence-corrected chi connectivity index (χ4v) is 5.17. The van der Waals surface area contributed by atoms with Gasteiger partial charge in [0, 0.05) is 29.9 Å². The number of nitrogens with one attached hydrogen (secondary N) is 1. The number of benzene rings is 2. The van der Waals surface area contributed by atoms with Crippen LogP contribution < -0.4 is 0 Å². The number of thioether (sulfide) groups is 1. The number of aromatic amines is 1. The van der Waals surface area contributed by atoms with E-state index >= 15 is 0 Å².